The van der Waals surface area contributed by atoms with Gasteiger partial charge in [-0.3, -0.25) is 5.41 Å². The van der Waals surface area contributed by atoms with E-state index in [1.807, 2.05) is 0 Å². The van der Waals surface area contributed by atoms with Crippen molar-refractivity contribution >= 4 is 28.4 Å². The molecule has 46 valence electrons. The van der Waals surface area contributed by atoms with Gasteiger partial charge >= 0.3 is 0 Å². The predicted molar refractivity (Wildman–Crippen MR) is 37.8 cm³/mol. The highest BCUT2D eigenvalue weighted by molar-refractivity contribution is 6.69. The van der Waals surface area contributed by atoms with E-state index in [1.165, 1.54) is 0 Å². The van der Waals surface area contributed by atoms with Crippen LogP contribution < -0.4 is 0 Å². The van der Waals surface area contributed by atoms with Gasteiger partial charge < -0.3 is 0 Å². The number of allylic oxidation sites excluding steroid dienone is 2. The molecule has 0 spiro atoms. The van der Waals surface area contributed by atoms with Gasteiger partial charge in [-0.2, -0.15) is 0 Å². The Morgan fingerprint density at radius 3 is 1.62 bits per heavy atom. The van der Waals surface area contributed by atoms with Gasteiger partial charge in [0.25, 0.3) is 0 Å². The van der Waals surface area contributed by atoms with Crippen molar-refractivity contribution in [1.82, 2.24) is 0 Å². The zero-order valence-corrected chi connectivity index (χ0v) is 6.27. The Labute approximate surface area is 58.8 Å². The normalized spacial score (nSPS) is 13.0. The van der Waals surface area contributed by atoms with Gasteiger partial charge in [0.05, 0.1) is 0 Å². The molecular weight excluding hydrogens is 145 g/mol. The van der Waals surface area contributed by atoms with Crippen LogP contribution in [0.2, 0.25) is 0 Å². The van der Waals surface area contributed by atoms with E-state index in [9.17, 15) is 0 Å². The SMILES string of the molecule is CC(Cl)=C(C)C(=N)Cl. The van der Waals surface area contributed by atoms with E-state index in [4.69, 9.17) is 28.6 Å². The molecule has 0 fully saturated rings. The van der Waals surface area contributed by atoms with E-state index in [1.54, 1.807) is 13.8 Å². The number of rotatable bonds is 1. The lowest BCUT2D eigenvalue weighted by Gasteiger charge is -1.93. The van der Waals surface area contributed by atoms with E-state index >= 15 is 0 Å². The van der Waals surface area contributed by atoms with E-state index in [2.05, 4.69) is 0 Å². The van der Waals surface area contributed by atoms with E-state index in [-0.39, 0.29) is 5.17 Å². The highest BCUT2D eigenvalue weighted by Crippen LogP contribution is 2.09. The monoisotopic (exact) mass is 151 g/mol. The van der Waals surface area contributed by atoms with Gasteiger partial charge in [0.15, 0.2) is 0 Å². The third-order valence-corrected chi connectivity index (χ3v) is 1.41. The first-order valence-electron chi connectivity index (χ1n) is 2.13. The highest BCUT2D eigenvalue weighted by atomic mass is 35.5. The van der Waals surface area contributed by atoms with Crippen molar-refractivity contribution in [2.24, 2.45) is 0 Å². The molecule has 0 aliphatic heterocycles. The van der Waals surface area contributed by atoms with Gasteiger partial charge in [-0.05, 0) is 19.4 Å². The third kappa shape index (κ3) is 2.34. The van der Waals surface area contributed by atoms with Crippen LogP contribution in [-0.4, -0.2) is 5.17 Å². The summed E-state index contributed by atoms with van der Waals surface area (Å²) in [5.74, 6) is 0. The molecule has 0 amide bonds. The summed E-state index contributed by atoms with van der Waals surface area (Å²) in [6.45, 7) is 3.41. The molecule has 0 unspecified atom stereocenters. The quantitative estimate of drug-likeness (QED) is 0.558. The van der Waals surface area contributed by atoms with Crippen molar-refractivity contribution in [3.05, 3.63) is 10.6 Å². The lowest BCUT2D eigenvalue weighted by Crippen LogP contribution is -1.86. The summed E-state index contributed by atoms with van der Waals surface area (Å²) in [4.78, 5) is 0. The molecule has 0 bridgehead atoms. The highest BCUT2D eigenvalue weighted by Gasteiger charge is 1.95. The zero-order valence-electron chi connectivity index (χ0n) is 4.76. The molecule has 0 aliphatic rings. The maximum absolute atomic E-state index is 6.85. The van der Waals surface area contributed by atoms with Crippen LogP contribution in [0.3, 0.4) is 0 Å². The summed E-state index contributed by atoms with van der Waals surface area (Å²) in [7, 11) is 0. The van der Waals surface area contributed by atoms with Crippen LogP contribution in [0.1, 0.15) is 13.8 Å². The molecule has 1 nitrogen and oxygen atoms in total. The van der Waals surface area contributed by atoms with Crippen molar-refractivity contribution in [2.75, 3.05) is 0 Å². The standard InChI is InChI=1S/C5H7Cl2N/c1-3(4(2)6)5(7)8/h8H,1-2H3. The van der Waals surface area contributed by atoms with E-state index in [0.717, 1.165) is 0 Å². The predicted octanol–water partition coefficient (Wildman–Crippen LogP) is 2.74. The Morgan fingerprint density at radius 1 is 1.25 bits per heavy atom. The fraction of sp³-hybridized carbons (Fsp3) is 0.400. The fourth-order valence-electron chi connectivity index (χ4n) is 0.151. The summed E-state index contributed by atoms with van der Waals surface area (Å²) in [6, 6.07) is 0. The summed E-state index contributed by atoms with van der Waals surface area (Å²) in [5.41, 5.74) is 0.633. The molecule has 0 saturated carbocycles. The number of hydrogen-bond acceptors (Lipinski definition) is 1. The summed E-state index contributed by atoms with van der Waals surface area (Å²) in [6.07, 6.45) is 0. The molecule has 0 radical (unpaired) electrons. The molecule has 0 aromatic rings. The molecule has 0 atom stereocenters. The van der Waals surface area contributed by atoms with Crippen molar-refractivity contribution in [3.8, 4) is 0 Å². The maximum atomic E-state index is 6.85. The van der Waals surface area contributed by atoms with Gasteiger partial charge in [-0.25, -0.2) is 0 Å². The average molecular weight is 152 g/mol. The summed E-state index contributed by atoms with van der Waals surface area (Å²) < 4.78 is 0. The number of nitrogens with one attached hydrogen (secondary N) is 1. The van der Waals surface area contributed by atoms with Crippen molar-refractivity contribution in [3.63, 3.8) is 0 Å². The summed E-state index contributed by atoms with van der Waals surface area (Å²) >= 11 is 10.7. The van der Waals surface area contributed by atoms with Gasteiger partial charge in [0.1, 0.15) is 5.17 Å². The first-order valence-corrected chi connectivity index (χ1v) is 2.88. The van der Waals surface area contributed by atoms with Crippen LogP contribution in [0.15, 0.2) is 10.6 Å². The topological polar surface area (TPSA) is 23.9 Å². The van der Waals surface area contributed by atoms with Gasteiger partial charge in [-0.1, -0.05) is 23.2 Å². The minimum atomic E-state index is 0.0116. The molecule has 8 heavy (non-hydrogen) atoms. The number of hydrogen-bond donors (Lipinski definition) is 1. The summed E-state index contributed by atoms with van der Waals surface area (Å²) in [5, 5.41) is 7.44. The van der Waals surface area contributed by atoms with Gasteiger partial charge in [0.2, 0.25) is 0 Å². The molecule has 0 aliphatic carbocycles. The Bertz CT molecular complexity index is 133. The van der Waals surface area contributed by atoms with Crippen LogP contribution >= 0.6 is 23.2 Å². The molecule has 3 heteroatoms. The second kappa shape index (κ2) is 3.10. The average Bonchev–Trinajstić information content (AvgIpc) is 1.64. The lowest BCUT2D eigenvalue weighted by atomic mass is 10.3. The largest absolute Gasteiger partial charge is 0.289 e. The van der Waals surface area contributed by atoms with Crippen LogP contribution in [0.25, 0.3) is 0 Å². The van der Waals surface area contributed by atoms with Crippen LogP contribution in [-0.2, 0) is 0 Å². The Hall–Kier alpha value is -0.0100. The minimum Gasteiger partial charge on any atom is -0.289 e. The van der Waals surface area contributed by atoms with E-state index in [0.29, 0.717) is 10.6 Å². The van der Waals surface area contributed by atoms with Crippen LogP contribution in [0, 0.1) is 5.41 Å². The van der Waals surface area contributed by atoms with Crippen molar-refractivity contribution < 1.29 is 0 Å². The first kappa shape index (κ1) is 7.99. The Balaban J connectivity index is 4.23. The molecular formula is C5H7Cl2N. The van der Waals surface area contributed by atoms with Gasteiger partial charge in [-0.15, -0.1) is 0 Å². The molecule has 0 rings (SSSR count). The maximum Gasteiger partial charge on any atom is 0.124 e. The number of halogens is 2. The fourth-order valence-corrected chi connectivity index (χ4v) is 0.436. The van der Waals surface area contributed by atoms with Crippen LogP contribution in [0.5, 0.6) is 0 Å². The zero-order chi connectivity index (χ0) is 6.73. The minimum absolute atomic E-state index is 0.0116. The van der Waals surface area contributed by atoms with Crippen molar-refractivity contribution in [2.45, 2.75) is 13.8 Å². The second-order valence-corrected chi connectivity index (χ2v) is 2.42. The van der Waals surface area contributed by atoms with Gasteiger partial charge in [0, 0.05) is 5.03 Å². The van der Waals surface area contributed by atoms with E-state index < -0.39 is 0 Å². The first-order chi connectivity index (χ1) is 3.55. The smallest absolute Gasteiger partial charge is 0.124 e. The molecule has 0 heterocycles. The second-order valence-electron chi connectivity index (χ2n) is 1.47. The third-order valence-electron chi connectivity index (χ3n) is 0.846. The molecule has 0 saturated heterocycles. The lowest BCUT2D eigenvalue weighted by molar-refractivity contribution is 1.44. The molecule has 1 N–H and O–H groups in total. The molecule has 0 aromatic carbocycles. The Kier molecular flexibility index (Phi) is 3.10. The van der Waals surface area contributed by atoms with Crippen LogP contribution in [0.4, 0.5) is 0 Å². The van der Waals surface area contributed by atoms with Crippen molar-refractivity contribution in [1.29, 1.82) is 5.41 Å². The molecule has 0 aromatic heterocycles. The Morgan fingerprint density at radius 2 is 1.62 bits per heavy atom.